The van der Waals surface area contributed by atoms with Crippen molar-refractivity contribution in [1.82, 2.24) is 9.88 Å². The van der Waals surface area contributed by atoms with E-state index >= 15 is 0 Å². The maximum absolute atomic E-state index is 14.3. The number of benzene rings is 1. The topological polar surface area (TPSA) is 45.3 Å². The normalized spacial score (nSPS) is 28.1. The zero-order valence-electron chi connectivity index (χ0n) is 19.8. The standard InChI is InChI=1S/C25H32F4N2O2/c1-14(17-12-30-19-7-6-18(26)22(21(17)19)33-25(27,28)29)8-20(32)31-15(2)9-24(5)11-16(31)10-23(3,4)13-24/h6-7,12,14-16,30H,8-11,13H2,1-5H3. The summed E-state index contributed by atoms with van der Waals surface area (Å²) in [7, 11) is 0. The van der Waals surface area contributed by atoms with E-state index in [1.807, 2.05) is 4.90 Å². The Labute approximate surface area is 191 Å². The Morgan fingerprint density at radius 3 is 2.61 bits per heavy atom. The van der Waals surface area contributed by atoms with E-state index in [9.17, 15) is 22.4 Å². The molecule has 1 aliphatic heterocycles. The third-order valence-electron chi connectivity index (χ3n) is 7.38. The van der Waals surface area contributed by atoms with Crippen LogP contribution < -0.4 is 4.74 Å². The number of fused-ring (bicyclic) bond motifs is 3. The Morgan fingerprint density at radius 2 is 1.94 bits per heavy atom. The molecule has 1 aromatic heterocycles. The lowest BCUT2D eigenvalue weighted by atomic mass is 9.58. The number of rotatable bonds is 4. The van der Waals surface area contributed by atoms with Crippen LogP contribution in [0.5, 0.6) is 5.75 Å². The highest BCUT2D eigenvalue weighted by Crippen LogP contribution is 2.53. The predicted molar refractivity (Wildman–Crippen MR) is 118 cm³/mol. The van der Waals surface area contributed by atoms with Gasteiger partial charge >= 0.3 is 6.36 Å². The number of piperidine rings is 1. The summed E-state index contributed by atoms with van der Waals surface area (Å²) in [5, 5.41) is 0.0330. The first kappa shape index (κ1) is 23.9. The monoisotopic (exact) mass is 468 g/mol. The Kier molecular flexibility index (Phi) is 5.73. The number of aromatic nitrogens is 1. The second kappa shape index (κ2) is 7.91. The number of hydrogen-bond donors (Lipinski definition) is 1. The molecule has 8 heteroatoms. The first-order chi connectivity index (χ1) is 15.2. The maximum atomic E-state index is 14.3. The fourth-order valence-electron chi connectivity index (χ4n) is 6.82. The van der Waals surface area contributed by atoms with Crippen LogP contribution in [0.4, 0.5) is 17.6 Å². The van der Waals surface area contributed by atoms with E-state index in [0.29, 0.717) is 11.1 Å². The van der Waals surface area contributed by atoms with Crippen LogP contribution in [0.1, 0.15) is 78.2 Å². The van der Waals surface area contributed by atoms with Gasteiger partial charge in [-0.1, -0.05) is 27.7 Å². The maximum Gasteiger partial charge on any atom is 0.573 e. The molecule has 1 amide bonds. The van der Waals surface area contributed by atoms with Gasteiger partial charge in [0.25, 0.3) is 0 Å². The Hall–Kier alpha value is -2.25. The molecule has 33 heavy (non-hydrogen) atoms. The van der Waals surface area contributed by atoms with Gasteiger partial charge < -0.3 is 14.6 Å². The van der Waals surface area contributed by atoms with Gasteiger partial charge in [-0.2, -0.15) is 0 Å². The first-order valence-electron chi connectivity index (χ1n) is 11.5. The average molecular weight is 469 g/mol. The zero-order valence-corrected chi connectivity index (χ0v) is 19.8. The van der Waals surface area contributed by atoms with Crippen LogP contribution in [-0.2, 0) is 4.79 Å². The summed E-state index contributed by atoms with van der Waals surface area (Å²) in [6, 6.07) is 2.58. The number of nitrogens with one attached hydrogen (secondary N) is 1. The lowest BCUT2D eigenvalue weighted by molar-refractivity contribution is -0.275. The minimum atomic E-state index is -5.02. The second-order valence-corrected chi connectivity index (χ2v) is 11.3. The highest BCUT2D eigenvalue weighted by Gasteiger charge is 2.49. The molecule has 4 nitrogen and oxygen atoms in total. The average Bonchev–Trinajstić information content (AvgIpc) is 3.05. The summed E-state index contributed by atoms with van der Waals surface area (Å²) >= 11 is 0. The van der Waals surface area contributed by atoms with Crippen molar-refractivity contribution >= 4 is 16.8 Å². The van der Waals surface area contributed by atoms with Crippen molar-refractivity contribution in [3.8, 4) is 5.75 Å². The number of alkyl halides is 3. The number of halogens is 4. The zero-order chi connectivity index (χ0) is 24.3. The molecule has 2 heterocycles. The molecule has 4 unspecified atom stereocenters. The molecule has 0 radical (unpaired) electrons. The van der Waals surface area contributed by atoms with Gasteiger partial charge in [-0.15, -0.1) is 13.2 Å². The summed E-state index contributed by atoms with van der Waals surface area (Å²) in [6.07, 6.45) is 0.653. The molecule has 1 saturated heterocycles. The van der Waals surface area contributed by atoms with E-state index in [2.05, 4.69) is 37.4 Å². The molecule has 1 aromatic carbocycles. The Bertz CT molecular complexity index is 1050. The van der Waals surface area contributed by atoms with Crippen molar-refractivity contribution < 1.29 is 27.1 Å². The lowest BCUT2D eigenvalue weighted by Gasteiger charge is -2.57. The fourth-order valence-corrected chi connectivity index (χ4v) is 6.82. The van der Waals surface area contributed by atoms with Gasteiger partial charge in [-0.25, -0.2) is 4.39 Å². The van der Waals surface area contributed by atoms with Crippen molar-refractivity contribution in [3.63, 3.8) is 0 Å². The van der Waals surface area contributed by atoms with E-state index in [1.54, 1.807) is 13.1 Å². The van der Waals surface area contributed by atoms with Crippen molar-refractivity contribution in [3.05, 3.63) is 29.7 Å². The number of ether oxygens (including phenoxy) is 1. The van der Waals surface area contributed by atoms with Crippen LogP contribution in [-0.4, -0.2) is 34.2 Å². The largest absolute Gasteiger partial charge is 0.573 e. The van der Waals surface area contributed by atoms with Gasteiger partial charge in [0, 0.05) is 35.6 Å². The molecular formula is C25H32F4N2O2. The van der Waals surface area contributed by atoms with Crippen LogP contribution in [0, 0.1) is 16.6 Å². The van der Waals surface area contributed by atoms with E-state index in [0.717, 1.165) is 31.7 Å². The SMILES string of the molecule is CC(CC(=O)N1C(C)CC2(C)CC1CC(C)(C)C2)c1c[nH]c2ccc(F)c(OC(F)(F)F)c12. The highest BCUT2D eigenvalue weighted by molar-refractivity contribution is 5.91. The molecule has 2 bridgehead atoms. The van der Waals surface area contributed by atoms with Gasteiger partial charge in [-0.3, -0.25) is 4.79 Å². The third kappa shape index (κ3) is 4.71. The smallest absolute Gasteiger partial charge is 0.402 e. The summed E-state index contributed by atoms with van der Waals surface area (Å²) in [5.74, 6) is -2.37. The van der Waals surface area contributed by atoms with Crippen LogP contribution in [0.3, 0.4) is 0 Å². The quantitative estimate of drug-likeness (QED) is 0.496. The molecule has 4 atom stereocenters. The fraction of sp³-hybridized carbons (Fsp3) is 0.640. The molecule has 1 aliphatic carbocycles. The number of carbonyl (C=O) groups excluding carboxylic acids is 1. The summed E-state index contributed by atoms with van der Waals surface area (Å²) < 4.78 is 57.2. The highest BCUT2D eigenvalue weighted by atomic mass is 19.4. The van der Waals surface area contributed by atoms with Gasteiger partial charge in [0.2, 0.25) is 5.91 Å². The van der Waals surface area contributed by atoms with Crippen molar-refractivity contribution in [1.29, 1.82) is 0 Å². The summed E-state index contributed by atoms with van der Waals surface area (Å²) in [6.45, 7) is 10.7. The van der Waals surface area contributed by atoms with Crippen molar-refractivity contribution in [2.75, 3.05) is 0 Å². The van der Waals surface area contributed by atoms with E-state index in [4.69, 9.17) is 0 Å². The number of carbonyl (C=O) groups is 1. The van der Waals surface area contributed by atoms with Crippen molar-refractivity contribution in [2.24, 2.45) is 10.8 Å². The van der Waals surface area contributed by atoms with Crippen LogP contribution in [0.25, 0.3) is 10.9 Å². The molecule has 2 fully saturated rings. The van der Waals surface area contributed by atoms with E-state index < -0.39 is 23.8 Å². The number of aromatic amines is 1. The van der Waals surface area contributed by atoms with E-state index in [-0.39, 0.29) is 40.6 Å². The van der Waals surface area contributed by atoms with Crippen molar-refractivity contribution in [2.45, 2.75) is 91.1 Å². The number of H-pyrrole nitrogens is 1. The molecule has 4 rings (SSSR count). The number of amides is 1. The predicted octanol–water partition coefficient (Wildman–Crippen LogP) is 6.91. The molecule has 2 aliphatic rings. The van der Waals surface area contributed by atoms with Crippen LogP contribution in [0.15, 0.2) is 18.3 Å². The number of hydrogen-bond acceptors (Lipinski definition) is 2. The van der Waals surface area contributed by atoms with Gasteiger partial charge in [-0.05, 0) is 67.1 Å². The van der Waals surface area contributed by atoms with Gasteiger partial charge in [0.1, 0.15) is 0 Å². The minimum absolute atomic E-state index is 0.0104. The van der Waals surface area contributed by atoms with Crippen LogP contribution in [0.2, 0.25) is 0 Å². The number of nitrogens with zero attached hydrogens (tertiary/aromatic N) is 1. The molecule has 0 spiro atoms. The first-order valence-corrected chi connectivity index (χ1v) is 11.5. The molecule has 2 aromatic rings. The molecule has 1 N–H and O–H groups in total. The van der Waals surface area contributed by atoms with E-state index in [1.165, 1.54) is 6.07 Å². The van der Waals surface area contributed by atoms with Crippen LogP contribution >= 0.6 is 0 Å². The van der Waals surface area contributed by atoms with Gasteiger partial charge in [0.05, 0.1) is 0 Å². The number of likely N-dealkylation sites (tertiary alicyclic amines) is 1. The third-order valence-corrected chi connectivity index (χ3v) is 7.38. The summed E-state index contributed by atoms with van der Waals surface area (Å²) in [5.41, 5.74) is 1.14. The minimum Gasteiger partial charge on any atom is -0.402 e. The molecule has 182 valence electrons. The van der Waals surface area contributed by atoms with Gasteiger partial charge in [0.15, 0.2) is 11.6 Å². The molecular weight excluding hydrogens is 436 g/mol. The second-order valence-electron chi connectivity index (χ2n) is 11.3. The molecule has 1 saturated carbocycles. The summed E-state index contributed by atoms with van der Waals surface area (Å²) in [4.78, 5) is 18.4. The Morgan fingerprint density at radius 1 is 1.24 bits per heavy atom. The lowest BCUT2D eigenvalue weighted by Crippen LogP contribution is -2.58. The Balaban J connectivity index is 1.60.